The topological polar surface area (TPSA) is 36.0 Å². The van der Waals surface area contributed by atoms with Crippen LogP contribution < -0.4 is 4.90 Å². The highest BCUT2D eigenvalue weighted by molar-refractivity contribution is 5.95. The van der Waals surface area contributed by atoms with Crippen LogP contribution in [0.15, 0.2) is 18.2 Å². The average molecular weight is 349 g/mol. The molecule has 2 saturated heterocycles. The van der Waals surface area contributed by atoms with E-state index in [-0.39, 0.29) is 23.9 Å². The van der Waals surface area contributed by atoms with Gasteiger partial charge in [-0.05, 0) is 38.6 Å². The molecule has 5 nitrogen and oxygen atoms in total. The van der Waals surface area contributed by atoms with Crippen LogP contribution >= 0.6 is 0 Å². The van der Waals surface area contributed by atoms with Crippen LogP contribution in [-0.2, 0) is 4.74 Å². The van der Waals surface area contributed by atoms with E-state index in [0.717, 1.165) is 32.7 Å². The number of halogens is 1. The summed E-state index contributed by atoms with van der Waals surface area (Å²) in [5.41, 5.74) is 1.00. The molecule has 6 heteroatoms. The Morgan fingerprint density at radius 2 is 1.96 bits per heavy atom. The summed E-state index contributed by atoms with van der Waals surface area (Å²) in [5.74, 6) is -0.436. The van der Waals surface area contributed by atoms with E-state index in [1.54, 1.807) is 17.0 Å². The largest absolute Gasteiger partial charge is 0.375 e. The van der Waals surface area contributed by atoms with Crippen LogP contribution in [0.1, 0.15) is 31.1 Å². The maximum Gasteiger partial charge on any atom is 0.254 e. The number of anilines is 1. The van der Waals surface area contributed by atoms with Crippen LogP contribution in [0.25, 0.3) is 0 Å². The lowest BCUT2D eigenvalue weighted by Crippen LogP contribution is -2.50. The third kappa shape index (κ3) is 3.96. The summed E-state index contributed by atoms with van der Waals surface area (Å²) >= 11 is 0. The Morgan fingerprint density at radius 1 is 1.24 bits per heavy atom. The van der Waals surface area contributed by atoms with Gasteiger partial charge in [-0.25, -0.2) is 4.39 Å². The first-order valence-corrected chi connectivity index (χ1v) is 9.19. The van der Waals surface area contributed by atoms with Crippen molar-refractivity contribution in [2.75, 3.05) is 50.8 Å². The summed E-state index contributed by atoms with van der Waals surface area (Å²) in [6.45, 7) is 11.7. The zero-order chi connectivity index (χ0) is 18.0. The van der Waals surface area contributed by atoms with Gasteiger partial charge in [-0.2, -0.15) is 0 Å². The lowest BCUT2D eigenvalue weighted by molar-refractivity contribution is -0.0387. The molecule has 0 radical (unpaired) electrons. The van der Waals surface area contributed by atoms with E-state index in [1.807, 2.05) is 13.8 Å². The van der Waals surface area contributed by atoms with Crippen LogP contribution in [0.4, 0.5) is 10.1 Å². The molecule has 2 fully saturated rings. The smallest absolute Gasteiger partial charge is 0.254 e. The van der Waals surface area contributed by atoms with Crippen molar-refractivity contribution < 1.29 is 13.9 Å². The molecule has 3 rings (SSSR count). The van der Waals surface area contributed by atoms with E-state index in [2.05, 4.69) is 16.7 Å². The first-order valence-electron chi connectivity index (χ1n) is 9.19. The van der Waals surface area contributed by atoms with Gasteiger partial charge in [-0.3, -0.25) is 4.79 Å². The van der Waals surface area contributed by atoms with Crippen molar-refractivity contribution in [3.63, 3.8) is 0 Å². The minimum absolute atomic E-state index is 0.00793. The van der Waals surface area contributed by atoms with Crippen LogP contribution in [0.3, 0.4) is 0 Å². The second-order valence-electron chi connectivity index (χ2n) is 7.04. The van der Waals surface area contributed by atoms with E-state index >= 15 is 0 Å². The van der Waals surface area contributed by atoms with Crippen LogP contribution in [-0.4, -0.2) is 73.7 Å². The summed E-state index contributed by atoms with van der Waals surface area (Å²) in [7, 11) is 0. The van der Waals surface area contributed by atoms with Crippen molar-refractivity contribution in [3.8, 4) is 0 Å². The van der Waals surface area contributed by atoms with Gasteiger partial charge in [0.1, 0.15) is 5.82 Å². The van der Waals surface area contributed by atoms with Crippen molar-refractivity contribution in [2.45, 2.75) is 32.9 Å². The number of carbonyl (C=O) groups is 1. The maximum atomic E-state index is 14.7. The van der Waals surface area contributed by atoms with Gasteiger partial charge in [-0.15, -0.1) is 0 Å². The Morgan fingerprint density at radius 3 is 2.60 bits per heavy atom. The van der Waals surface area contributed by atoms with Crippen LogP contribution in [0.5, 0.6) is 0 Å². The summed E-state index contributed by atoms with van der Waals surface area (Å²) in [5, 5.41) is 0. The number of hydrogen-bond donors (Lipinski definition) is 0. The van der Waals surface area contributed by atoms with Crippen LogP contribution in [0, 0.1) is 5.82 Å². The summed E-state index contributed by atoms with van der Waals surface area (Å²) < 4.78 is 20.2. The van der Waals surface area contributed by atoms with Gasteiger partial charge in [0.05, 0.1) is 24.4 Å². The summed E-state index contributed by atoms with van der Waals surface area (Å²) in [4.78, 5) is 19.0. The molecule has 0 aromatic heterocycles. The molecule has 1 aromatic rings. The molecule has 0 unspecified atom stereocenters. The van der Waals surface area contributed by atoms with E-state index in [4.69, 9.17) is 4.74 Å². The number of ether oxygens (including phenoxy) is 1. The molecular formula is C19H28FN3O2. The second kappa shape index (κ2) is 7.70. The first-order chi connectivity index (χ1) is 12.0. The maximum absolute atomic E-state index is 14.7. The lowest BCUT2D eigenvalue weighted by Gasteiger charge is -2.37. The van der Waals surface area contributed by atoms with Gasteiger partial charge in [0, 0.05) is 38.3 Å². The Bertz CT molecular complexity index is 617. The van der Waals surface area contributed by atoms with E-state index < -0.39 is 0 Å². The number of rotatable bonds is 3. The second-order valence-corrected chi connectivity index (χ2v) is 7.04. The predicted molar refractivity (Wildman–Crippen MR) is 96.6 cm³/mol. The fourth-order valence-electron chi connectivity index (χ4n) is 3.55. The van der Waals surface area contributed by atoms with Crippen molar-refractivity contribution in [3.05, 3.63) is 29.6 Å². The SMILES string of the molecule is CCN1CCN(c2ccc(C(=O)N3C[C@H](C)OC[C@H]3C)cc2F)CC1. The molecule has 2 aliphatic rings. The summed E-state index contributed by atoms with van der Waals surface area (Å²) in [6, 6.07) is 4.89. The highest BCUT2D eigenvalue weighted by Gasteiger charge is 2.29. The molecule has 2 heterocycles. The highest BCUT2D eigenvalue weighted by atomic mass is 19.1. The minimum Gasteiger partial charge on any atom is -0.375 e. The molecule has 1 amide bonds. The Kier molecular flexibility index (Phi) is 5.59. The van der Waals surface area contributed by atoms with Crippen molar-refractivity contribution in [1.82, 2.24) is 9.80 Å². The molecule has 0 bridgehead atoms. The third-order valence-corrected chi connectivity index (χ3v) is 5.22. The summed E-state index contributed by atoms with van der Waals surface area (Å²) in [6.07, 6.45) is 0.0131. The Labute approximate surface area is 149 Å². The molecule has 1 aromatic carbocycles. The number of piperazine rings is 1. The number of benzene rings is 1. The van der Waals surface area contributed by atoms with Gasteiger partial charge in [0.2, 0.25) is 0 Å². The van der Waals surface area contributed by atoms with Gasteiger partial charge >= 0.3 is 0 Å². The quantitative estimate of drug-likeness (QED) is 0.838. The molecule has 138 valence electrons. The number of likely N-dealkylation sites (N-methyl/N-ethyl adjacent to an activating group) is 1. The number of nitrogens with zero attached hydrogens (tertiary/aromatic N) is 3. The van der Waals surface area contributed by atoms with Gasteiger partial charge in [-0.1, -0.05) is 6.92 Å². The van der Waals surface area contributed by atoms with Gasteiger partial charge in [0.15, 0.2) is 0 Å². The lowest BCUT2D eigenvalue weighted by atomic mass is 10.1. The molecule has 0 saturated carbocycles. The molecule has 0 aliphatic carbocycles. The zero-order valence-corrected chi connectivity index (χ0v) is 15.4. The highest BCUT2D eigenvalue weighted by Crippen LogP contribution is 2.24. The first kappa shape index (κ1) is 18.1. The van der Waals surface area contributed by atoms with Gasteiger partial charge < -0.3 is 19.4 Å². The molecule has 2 atom stereocenters. The molecular weight excluding hydrogens is 321 g/mol. The Balaban J connectivity index is 1.72. The normalized spacial score (nSPS) is 25.3. The fourth-order valence-corrected chi connectivity index (χ4v) is 3.55. The predicted octanol–water partition coefficient (Wildman–Crippen LogP) is 2.22. The van der Waals surface area contributed by atoms with E-state index in [1.165, 1.54) is 6.07 Å². The number of carbonyl (C=O) groups excluding carboxylic acids is 1. The minimum atomic E-state index is -0.315. The zero-order valence-electron chi connectivity index (χ0n) is 15.4. The molecule has 0 N–H and O–H groups in total. The third-order valence-electron chi connectivity index (χ3n) is 5.22. The Hall–Kier alpha value is -1.66. The van der Waals surface area contributed by atoms with Gasteiger partial charge in [0.25, 0.3) is 5.91 Å². The number of morpholine rings is 1. The molecule has 0 spiro atoms. The van der Waals surface area contributed by atoms with Crippen molar-refractivity contribution >= 4 is 11.6 Å². The van der Waals surface area contributed by atoms with Crippen molar-refractivity contribution in [2.24, 2.45) is 0 Å². The monoisotopic (exact) mass is 349 g/mol. The number of hydrogen-bond acceptors (Lipinski definition) is 4. The van der Waals surface area contributed by atoms with Crippen molar-refractivity contribution in [1.29, 1.82) is 0 Å². The van der Waals surface area contributed by atoms with Crippen LogP contribution in [0.2, 0.25) is 0 Å². The molecule has 2 aliphatic heterocycles. The van der Waals surface area contributed by atoms with E-state index in [9.17, 15) is 9.18 Å². The average Bonchev–Trinajstić information content (AvgIpc) is 2.63. The fraction of sp³-hybridized carbons (Fsp3) is 0.632. The number of amides is 1. The molecule has 25 heavy (non-hydrogen) atoms. The van der Waals surface area contributed by atoms with E-state index in [0.29, 0.717) is 24.4 Å². The standard InChI is InChI=1S/C19H28FN3O2/c1-4-21-7-9-22(10-8-21)18-6-5-16(11-17(18)20)19(24)23-12-15(3)25-13-14(23)2/h5-6,11,14-15H,4,7-10,12-13H2,1-3H3/t14-,15+/m1/s1.